The summed E-state index contributed by atoms with van der Waals surface area (Å²) in [6, 6.07) is 0. The van der Waals surface area contributed by atoms with Gasteiger partial charge in [-0.05, 0) is 19.3 Å². The number of carbonyl (C=O) groups excluding carboxylic acids is 1. The monoisotopic (exact) mass is 280 g/mol. The maximum absolute atomic E-state index is 12.0. The SMILES string of the molecule is O=C(OCOC1CCCCCCC1)C1CC2C=CC1O2. The first-order chi connectivity index (χ1) is 9.83. The largest absolute Gasteiger partial charge is 0.438 e. The first kappa shape index (κ1) is 14.1. The van der Waals surface area contributed by atoms with E-state index in [1.54, 1.807) is 0 Å². The van der Waals surface area contributed by atoms with E-state index in [1.807, 2.05) is 12.2 Å². The quantitative estimate of drug-likeness (QED) is 0.451. The van der Waals surface area contributed by atoms with Gasteiger partial charge in [0.1, 0.15) is 0 Å². The van der Waals surface area contributed by atoms with Crippen molar-refractivity contribution < 1.29 is 19.0 Å². The molecule has 112 valence electrons. The molecule has 3 aliphatic rings. The molecule has 1 saturated carbocycles. The van der Waals surface area contributed by atoms with Crippen LogP contribution in [0.5, 0.6) is 0 Å². The molecule has 0 aromatic heterocycles. The van der Waals surface area contributed by atoms with E-state index in [1.165, 1.54) is 32.1 Å². The average Bonchev–Trinajstić information content (AvgIpc) is 3.03. The second-order valence-corrected chi connectivity index (χ2v) is 6.08. The Bertz CT molecular complexity index is 357. The summed E-state index contributed by atoms with van der Waals surface area (Å²) in [7, 11) is 0. The molecule has 0 radical (unpaired) electrons. The standard InChI is InChI=1S/C16H24O4/c17-16(14-10-13-8-9-15(14)20-13)19-11-18-12-6-4-2-1-3-5-7-12/h8-9,12-15H,1-7,10-11H2. The minimum Gasteiger partial charge on any atom is -0.438 e. The lowest BCUT2D eigenvalue weighted by molar-refractivity contribution is -0.167. The third kappa shape index (κ3) is 3.41. The lowest BCUT2D eigenvalue weighted by Crippen LogP contribution is -2.27. The van der Waals surface area contributed by atoms with E-state index < -0.39 is 0 Å². The number of esters is 1. The summed E-state index contributed by atoms with van der Waals surface area (Å²) in [6.45, 7) is 0.0983. The van der Waals surface area contributed by atoms with Crippen molar-refractivity contribution in [3.63, 3.8) is 0 Å². The summed E-state index contributed by atoms with van der Waals surface area (Å²) in [5.74, 6) is -0.307. The van der Waals surface area contributed by atoms with Gasteiger partial charge in [0.15, 0.2) is 6.79 Å². The van der Waals surface area contributed by atoms with Gasteiger partial charge in [-0.2, -0.15) is 0 Å². The topological polar surface area (TPSA) is 44.8 Å². The molecule has 4 heteroatoms. The molecule has 0 spiro atoms. The van der Waals surface area contributed by atoms with Gasteiger partial charge in [-0.15, -0.1) is 0 Å². The van der Waals surface area contributed by atoms with Crippen LogP contribution in [0.1, 0.15) is 51.4 Å². The van der Waals surface area contributed by atoms with Crippen molar-refractivity contribution in [1.82, 2.24) is 0 Å². The number of ether oxygens (including phenoxy) is 3. The highest BCUT2D eigenvalue weighted by atomic mass is 16.7. The highest BCUT2D eigenvalue weighted by Crippen LogP contribution is 2.34. The molecule has 2 fully saturated rings. The molecule has 4 nitrogen and oxygen atoms in total. The minimum atomic E-state index is -0.173. The lowest BCUT2D eigenvalue weighted by Gasteiger charge is -2.21. The number of carbonyl (C=O) groups is 1. The van der Waals surface area contributed by atoms with Crippen LogP contribution in [0.2, 0.25) is 0 Å². The summed E-state index contributed by atoms with van der Waals surface area (Å²) in [6.07, 6.45) is 13.6. The Kier molecular flexibility index (Phi) is 4.73. The highest BCUT2D eigenvalue weighted by molar-refractivity contribution is 5.74. The maximum Gasteiger partial charge on any atom is 0.314 e. The number of hydrogen-bond acceptors (Lipinski definition) is 4. The second kappa shape index (κ2) is 6.72. The molecule has 3 rings (SSSR count). The van der Waals surface area contributed by atoms with E-state index in [9.17, 15) is 4.79 Å². The predicted octanol–water partition coefficient (Wildman–Crippen LogP) is 2.96. The Morgan fingerprint density at radius 3 is 2.50 bits per heavy atom. The molecule has 1 aliphatic carbocycles. The summed E-state index contributed by atoms with van der Waals surface area (Å²) in [5.41, 5.74) is 0. The van der Waals surface area contributed by atoms with E-state index in [4.69, 9.17) is 14.2 Å². The van der Waals surface area contributed by atoms with Gasteiger partial charge in [0.25, 0.3) is 0 Å². The van der Waals surface area contributed by atoms with E-state index in [-0.39, 0.29) is 37.0 Å². The summed E-state index contributed by atoms with van der Waals surface area (Å²) >= 11 is 0. The van der Waals surface area contributed by atoms with Crippen LogP contribution in [-0.4, -0.2) is 31.1 Å². The Morgan fingerprint density at radius 1 is 1.10 bits per heavy atom. The minimum absolute atomic E-state index is 0.0751. The molecule has 2 heterocycles. The summed E-state index contributed by atoms with van der Waals surface area (Å²) in [5, 5.41) is 0. The summed E-state index contributed by atoms with van der Waals surface area (Å²) in [4.78, 5) is 12.0. The van der Waals surface area contributed by atoms with Gasteiger partial charge in [0.05, 0.1) is 24.2 Å². The molecule has 3 unspecified atom stereocenters. The van der Waals surface area contributed by atoms with Crippen LogP contribution < -0.4 is 0 Å². The molecule has 0 amide bonds. The zero-order valence-electron chi connectivity index (χ0n) is 12.0. The van der Waals surface area contributed by atoms with Crippen molar-refractivity contribution in [3.8, 4) is 0 Å². The zero-order valence-corrected chi connectivity index (χ0v) is 12.0. The summed E-state index contributed by atoms with van der Waals surface area (Å²) < 4.78 is 16.6. The number of rotatable bonds is 4. The normalized spacial score (nSPS) is 33.9. The molecule has 2 aliphatic heterocycles. The van der Waals surface area contributed by atoms with E-state index in [2.05, 4.69) is 0 Å². The van der Waals surface area contributed by atoms with Gasteiger partial charge < -0.3 is 14.2 Å². The molecule has 20 heavy (non-hydrogen) atoms. The number of hydrogen-bond donors (Lipinski definition) is 0. The molecule has 0 aromatic rings. The van der Waals surface area contributed by atoms with Crippen LogP contribution in [0.25, 0.3) is 0 Å². The smallest absolute Gasteiger partial charge is 0.314 e. The van der Waals surface area contributed by atoms with Gasteiger partial charge in [0, 0.05) is 0 Å². The first-order valence-electron chi connectivity index (χ1n) is 7.95. The van der Waals surface area contributed by atoms with E-state index >= 15 is 0 Å². The fourth-order valence-corrected chi connectivity index (χ4v) is 3.38. The van der Waals surface area contributed by atoms with Crippen molar-refractivity contribution in [2.45, 2.75) is 69.7 Å². The van der Waals surface area contributed by atoms with Crippen molar-refractivity contribution in [1.29, 1.82) is 0 Å². The van der Waals surface area contributed by atoms with Crippen molar-refractivity contribution in [2.75, 3.05) is 6.79 Å². The zero-order chi connectivity index (χ0) is 13.8. The molecule has 3 atom stereocenters. The molecule has 1 saturated heterocycles. The Balaban J connectivity index is 1.36. The van der Waals surface area contributed by atoms with Crippen molar-refractivity contribution >= 4 is 5.97 Å². The van der Waals surface area contributed by atoms with Gasteiger partial charge in [0.2, 0.25) is 0 Å². The predicted molar refractivity (Wildman–Crippen MR) is 74.1 cm³/mol. The van der Waals surface area contributed by atoms with Gasteiger partial charge in [-0.3, -0.25) is 4.79 Å². The van der Waals surface area contributed by atoms with Crippen molar-refractivity contribution in [2.24, 2.45) is 5.92 Å². The molecule has 2 bridgehead atoms. The van der Waals surface area contributed by atoms with Crippen LogP contribution in [0.3, 0.4) is 0 Å². The average molecular weight is 280 g/mol. The maximum atomic E-state index is 12.0. The van der Waals surface area contributed by atoms with Crippen LogP contribution in [0.15, 0.2) is 12.2 Å². The first-order valence-corrected chi connectivity index (χ1v) is 7.95. The number of fused-ring (bicyclic) bond motifs is 2. The van der Waals surface area contributed by atoms with E-state index in [0.717, 1.165) is 19.3 Å². The Morgan fingerprint density at radius 2 is 1.85 bits per heavy atom. The van der Waals surface area contributed by atoms with E-state index in [0.29, 0.717) is 0 Å². The van der Waals surface area contributed by atoms with Gasteiger partial charge in [-0.1, -0.05) is 44.3 Å². The lowest BCUT2D eigenvalue weighted by atomic mass is 9.95. The molecular formula is C16H24O4. The Labute approximate surface area is 120 Å². The molecule has 0 aromatic carbocycles. The third-order valence-electron chi connectivity index (χ3n) is 4.59. The fraction of sp³-hybridized carbons (Fsp3) is 0.812. The third-order valence-corrected chi connectivity index (χ3v) is 4.59. The van der Waals surface area contributed by atoms with Crippen molar-refractivity contribution in [3.05, 3.63) is 12.2 Å². The fourth-order valence-electron chi connectivity index (χ4n) is 3.38. The van der Waals surface area contributed by atoms with Gasteiger partial charge in [-0.25, -0.2) is 0 Å². The molecule has 0 N–H and O–H groups in total. The highest BCUT2D eigenvalue weighted by Gasteiger charge is 2.42. The van der Waals surface area contributed by atoms with Crippen LogP contribution in [0, 0.1) is 5.92 Å². The van der Waals surface area contributed by atoms with Crippen LogP contribution in [-0.2, 0) is 19.0 Å². The second-order valence-electron chi connectivity index (χ2n) is 6.08. The molecular weight excluding hydrogens is 256 g/mol. The van der Waals surface area contributed by atoms with Gasteiger partial charge >= 0.3 is 5.97 Å². The Hall–Kier alpha value is -0.870. The van der Waals surface area contributed by atoms with Crippen LogP contribution >= 0.6 is 0 Å². The van der Waals surface area contributed by atoms with Crippen LogP contribution in [0.4, 0.5) is 0 Å².